The van der Waals surface area contributed by atoms with Gasteiger partial charge >= 0.3 is 0 Å². The van der Waals surface area contributed by atoms with Crippen LogP contribution in [-0.2, 0) is 16.6 Å². The maximum Gasteiger partial charge on any atom is 0.243 e. The molecule has 0 saturated heterocycles. The van der Waals surface area contributed by atoms with Crippen molar-refractivity contribution in [2.75, 3.05) is 6.54 Å². The third-order valence-corrected chi connectivity index (χ3v) is 5.77. The minimum atomic E-state index is -3.44. The maximum absolute atomic E-state index is 12.8. The fraction of sp³-hybridized carbons (Fsp3) is 0.625. The molecule has 1 aromatic carbocycles. The van der Waals surface area contributed by atoms with Gasteiger partial charge in [0.2, 0.25) is 10.0 Å². The van der Waals surface area contributed by atoms with E-state index in [1.165, 1.54) is 0 Å². The van der Waals surface area contributed by atoms with Crippen molar-refractivity contribution in [2.24, 2.45) is 5.73 Å². The zero-order chi connectivity index (χ0) is 16.0. The highest BCUT2D eigenvalue weighted by Crippen LogP contribution is 2.21. The van der Waals surface area contributed by atoms with E-state index in [4.69, 9.17) is 5.73 Å². The Labute approximate surface area is 129 Å². The molecule has 0 bridgehead atoms. The molecule has 4 nitrogen and oxygen atoms in total. The van der Waals surface area contributed by atoms with Crippen molar-refractivity contribution < 1.29 is 8.42 Å². The number of rotatable bonds is 8. The van der Waals surface area contributed by atoms with Gasteiger partial charge in [-0.3, -0.25) is 0 Å². The highest BCUT2D eigenvalue weighted by atomic mass is 32.2. The number of sulfonamides is 1. The lowest BCUT2D eigenvalue weighted by Crippen LogP contribution is -2.37. The van der Waals surface area contributed by atoms with Gasteiger partial charge in [-0.1, -0.05) is 25.8 Å². The summed E-state index contributed by atoms with van der Waals surface area (Å²) in [4.78, 5) is 0.363. The van der Waals surface area contributed by atoms with Gasteiger partial charge in [-0.2, -0.15) is 4.31 Å². The summed E-state index contributed by atoms with van der Waals surface area (Å²) in [6, 6.07) is 5.17. The lowest BCUT2D eigenvalue weighted by atomic mass is 10.1. The molecule has 0 amide bonds. The molecule has 2 N–H and O–H groups in total. The summed E-state index contributed by atoms with van der Waals surface area (Å²) in [7, 11) is -3.44. The van der Waals surface area contributed by atoms with E-state index in [0.717, 1.165) is 30.4 Å². The second kappa shape index (κ2) is 7.92. The highest BCUT2D eigenvalue weighted by molar-refractivity contribution is 7.89. The molecule has 0 aliphatic heterocycles. The van der Waals surface area contributed by atoms with Gasteiger partial charge in [0, 0.05) is 19.1 Å². The normalized spacial score (nSPS) is 12.3. The van der Waals surface area contributed by atoms with Crippen LogP contribution in [0.1, 0.15) is 51.2 Å². The highest BCUT2D eigenvalue weighted by Gasteiger charge is 2.26. The monoisotopic (exact) mass is 312 g/mol. The van der Waals surface area contributed by atoms with E-state index in [9.17, 15) is 8.42 Å². The Morgan fingerprint density at radius 3 is 2.38 bits per heavy atom. The first-order valence-electron chi connectivity index (χ1n) is 7.66. The van der Waals surface area contributed by atoms with E-state index in [1.54, 1.807) is 16.4 Å². The molecular weight excluding hydrogens is 284 g/mol. The van der Waals surface area contributed by atoms with Crippen LogP contribution in [0.3, 0.4) is 0 Å². The SMILES string of the molecule is CCCCCN(C(C)C)S(=O)(=O)c1ccc(CN)c(C)c1. The number of hydrogen-bond donors (Lipinski definition) is 1. The molecule has 0 unspecified atom stereocenters. The van der Waals surface area contributed by atoms with Crippen molar-refractivity contribution in [3.8, 4) is 0 Å². The zero-order valence-corrected chi connectivity index (χ0v) is 14.4. The number of aryl methyl sites for hydroxylation is 1. The third kappa shape index (κ3) is 4.53. The summed E-state index contributed by atoms with van der Waals surface area (Å²) in [5.74, 6) is 0. The Kier molecular flexibility index (Phi) is 6.84. The summed E-state index contributed by atoms with van der Waals surface area (Å²) in [6.45, 7) is 8.86. The van der Waals surface area contributed by atoms with E-state index >= 15 is 0 Å². The summed E-state index contributed by atoms with van der Waals surface area (Å²) in [5, 5.41) is 0. The van der Waals surface area contributed by atoms with Crippen LogP contribution in [0, 0.1) is 6.92 Å². The van der Waals surface area contributed by atoms with Crippen LogP contribution in [-0.4, -0.2) is 25.3 Å². The number of benzene rings is 1. The van der Waals surface area contributed by atoms with Crippen molar-refractivity contribution in [3.05, 3.63) is 29.3 Å². The first-order chi connectivity index (χ1) is 9.84. The van der Waals surface area contributed by atoms with Crippen molar-refractivity contribution >= 4 is 10.0 Å². The lowest BCUT2D eigenvalue weighted by molar-refractivity contribution is 0.345. The molecule has 0 fully saturated rings. The Morgan fingerprint density at radius 2 is 1.90 bits per heavy atom. The second-order valence-corrected chi connectivity index (χ2v) is 7.60. The minimum Gasteiger partial charge on any atom is -0.326 e. The lowest BCUT2D eigenvalue weighted by Gasteiger charge is -2.26. The number of nitrogens with zero attached hydrogens (tertiary/aromatic N) is 1. The van der Waals surface area contributed by atoms with E-state index in [0.29, 0.717) is 18.0 Å². The van der Waals surface area contributed by atoms with Crippen LogP contribution in [0.2, 0.25) is 0 Å². The molecule has 0 spiro atoms. The largest absolute Gasteiger partial charge is 0.326 e. The predicted octanol–water partition coefficient (Wildman–Crippen LogP) is 3.04. The Bertz CT molecular complexity index is 553. The van der Waals surface area contributed by atoms with Crippen LogP contribution in [0.15, 0.2) is 23.1 Å². The molecule has 0 radical (unpaired) electrons. The maximum atomic E-state index is 12.8. The molecule has 0 atom stereocenters. The Hall–Kier alpha value is -0.910. The third-order valence-electron chi connectivity index (χ3n) is 3.70. The number of hydrogen-bond acceptors (Lipinski definition) is 3. The molecule has 0 aliphatic carbocycles. The first-order valence-corrected chi connectivity index (χ1v) is 9.10. The van der Waals surface area contributed by atoms with Gasteiger partial charge in [0.25, 0.3) is 0 Å². The van der Waals surface area contributed by atoms with Crippen LogP contribution in [0.4, 0.5) is 0 Å². The molecule has 0 aliphatic rings. The van der Waals surface area contributed by atoms with E-state index < -0.39 is 10.0 Å². The summed E-state index contributed by atoms with van der Waals surface area (Å²) >= 11 is 0. The van der Waals surface area contributed by atoms with Gasteiger partial charge in [0.05, 0.1) is 4.90 Å². The van der Waals surface area contributed by atoms with Crippen molar-refractivity contribution in [1.82, 2.24) is 4.31 Å². The van der Waals surface area contributed by atoms with Gasteiger partial charge in [-0.25, -0.2) is 8.42 Å². The summed E-state index contributed by atoms with van der Waals surface area (Å²) in [5.41, 5.74) is 7.55. The van der Waals surface area contributed by atoms with Crippen LogP contribution in [0.25, 0.3) is 0 Å². The topological polar surface area (TPSA) is 63.4 Å². The van der Waals surface area contributed by atoms with Gasteiger partial charge in [-0.15, -0.1) is 0 Å². The van der Waals surface area contributed by atoms with Gasteiger partial charge in [0.1, 0.15) is 0 Å². The average Bonchev–Trinajstić information content (AvgIpc) is 2.42. The van der Waals surface area contributed by atoms with E-state index in [2.05, 4.69) is 6.92 Å². The van der Waals surface area contributed by atoms with Crippen LogP contribution >= 0.6 is 0 Å². The average molecular weight is 312 g/mol. The molecule has 0 saturated carbocycles. The fourth-order valence-corrected chi connectivity index (χ4v) is 4.13. The van der Waals surface area contributed by atoms with Gasteiger partial charge in [0.15, 0.2) is 0 Å². The predicted molar refractivity (Wildman–Crippen MR) is 87.6 cm³/mol. The van der Waals surface area contributed by atoms with Crippen molar-refractivity contribution in [2.45, 2.75) is 64.4 Å². The van der Waals surface area contributed by atoms with Crippen molar-refractivity contribution in [3.63, 3.8) is 0 Å². The fourth-order valence-electron chi connectivity index (χ4n) is 2.37. The molecule has 0 aromatic heterocycles. The summed E-state index contributed by atoms with van der Waals surface area (Å²) in [6.07, 6.45) is 3.02. The molecule has 1 rings (SSSR count). The Morgan fingerprint density at radius 1 is 1.24 bits per heavy atom. The van der Waals surface area contributed by atoms with Gasteiger partial charge in [-0.05, 0) is 50.5 Å². The van der Waals surface area contributed by atoms with Gasteiger partial charge < -0.3 is 5.73 Å². The van der Waals surface area contributed by atoms with Crippen molar-refractivity contribution in [1.29, 1.82) is 0 Å². The molecule has 0 heterocycles. The standard InChI is InChI=1S/C16H28N2O2S/c1-5-6-7-10-18(13(2)3)21(19,20)16-9-8-15(12-17)14(4)11-16/h8-9,11,13H,5-7,10,12,17H2,1-4H3. The van der Waals surface area contributed by atoms with Crippen LogP contribution in [0.5, 0.6) is 0 Å². The van der Waals surface area contributed by atoms with E-state index in [1.807, 2.05) is 26.8 Å². The number of nitrogens with two attached hydrogens (primary N) is 1. The molecule has 21 heavy (non-hydrogen) atoms. The molecule has 5 heteroatoms. The van der Waals surface area contributed by atoms with Crippen LogP contribution < -0.4 is 5.73 Å². The molecular formula is C16H28N2O2S. The van der Waals surface area contributed by atoms with E-state index in [-0.39, 0.29) is 6.04 Å². The quantitative estimate of drug-likeness (QED) is 0.750. The minimum absolute atomic E-state index is 0.0404. The zero-order valence-electron chi connectivity index (χ0n) is 13.6. The number of unbranched alkanes of at least 4 members (excludes halogenated alkanes) is 2. The first kappa shape index (κ1) is 18.1. The Balaban J connectivity index is 3.08. The molecule has 1 aromatic rings. The molecule has 120 valence electrons. The second-order valence-electron chi connectivity index (χ2n) is 5.71. The smallest absolute Gasteiger partial charge is 0.243 e. The summed E-state index contributed by atoms with van der Waals surface area (Å²) < 4.78 is 27.2.